The molecule has 0 aliphatic carbocycles. The fourth-order valence-electron chi connectivity index (χ4n) is 3.57. The highest BCUT2D eigenvalue weighted by atomic mass is 16.4. The number of fused-ring (bicyclic) bond motifs is 1. The van der Waals surface area contributed by atoms with Crippen LogP contribution in [-0.2, 0) is 0 Å². The lowest BCUT2D eigenvalue weighted by Gasteiger charge is -2.14. The summed E-state index contributed by atoms with van der Waals surface area (Å²) < 4.78 is 1.55. The van der Waals surface area contributed by atoms with Crippen LogP contribution in [0.5, 0.6) is 0 Å². The Labute approximate surface area is 178 Å². The topological polar surface area (TPSA) is 104 Å². The fourth-order valence-corrected chi connectivity index (χ4v) is 3.57. The van der Waals surface area contributed by atoms with Crippen molar-refractivity contribution in [2.45, 2.75) is 19.8 Å². The average Bonchev–Trinajstić information content (AvgIpc) is 3.13. The Morgan fingerprint density at radius 2 is 1.84 bits per heavy atom. The number of H-pyrrole nitrogens is 1. The number of benzene rings is 1. The number of nitrogens with one attached hydrogen (secondary N) is 1. The summed E-state index contributed by atoms with van der Waals surface area (Å²) >= 11 is 0. The normalized spacial score (nSPS) is 11.3. The number of hydrogen-bond donors (Lipinski definition) is 2. The van der Waals surface area contributed by atoms with Crippen LogP contribution in [0.2, 0.25) is 0 Å². The molecular weight excluding hydrogens is 394 g/mol. The molecule has 0 atom stereocenters. The highest BCUT2D eigenvalue weighted by Crippen LogP contribution is 2.35. The van der Waals surface area contributed by atoms with E-state index in [1.807, 2.05) is 57.1 Å². The molecule has 0 fully saturated rings. The molecule has 0 saturated heterocycles. The molecule has 1 aromatic carbocycles. The lowest BCUT2D eigenvalue weighted by atomic mass is 9.97. The van der Waals surface area contributed by atoms with Gasteiger partial charge in [0.2, 0.25) is 5.56 Å². The maximum Gasteiger partial charge on any atom is 0.354 e. The maximum absolute atomic E-state index is 11.9. The van der Waals surface area contributed by atoms with Crippen LogP contribution in [0.1, 0.15) is 35.9 Å². The highest BCUT2D eigenvalue weighted by molar-refractivity contribution is 6.00. The quantitative estimate of drug-likeness (QED) is 0.514. The van der Waals surface area contributed by atoms with E-state index in [-0.39, 0.29) is 17.2 Å². The zero-order valence-corrected chi connectivity index (χ0v) is 17.7. The third kappa shape index (κ3) is 3.68. The first-order valence-corrected chi connectivity index (χ1v) is 9.90. The number of anilines is 1. The predicted octanol–water partition coefficient (Wildman–Crippen LogP) is 3.66. The van der Waals surface area contributed by atoms with Gasteiger partial charge in [0, 0.05) is 32.0 Å². The van der Waals surface area contributed by atoms with Crippen LogP contribution in [0.3, 0.4) is 0 Å². The molecule has 4 aromatic rings. The average molecular weight is 417 g/mol. The van der Waals surface area contributed by atoms with E-state index in [1.54, 1.807) is 16.8 Å². The Morgan fingerprint density at radius 3 is 2.42 bits per heavy atom. The molecule has 0 aliphatic heterocycles. The molecule has 0 saturated carbocycles. The summed E-state index contributed by atoms with van der Waals surface area (Å²) in [7, 11) is 3.93. The van der Waals surface area contributed by atoms with Gasteiger partial charge in [-0.2, -0.15) is 5.10 Å². The Bertz CT molecular complexity index is 1330. The van der Waals surface area contributed by atoms with Gasteiger partial charge in [0.1, 0.15) is 0 Å². The van der Waals surface area contributed by atoms with Crippen LogP contribution in [0.15, 0.2) is 53.5 Å². The third-order valence-electron chi connectivity index (χ3n) is 5.13. The van der Waals surface area contributed by atoms with Crippen molar-refractivity contribution < 1.29 is 9.90 Å². The number of rotatable bonds is 5. The first-order valence-electron chi connectivity index (χ1n) is 9.90. The van der Waals surface area contributed by atoms with Gasteiger partial charge in [-0.1, -0.05) is 26.0 Å². The van der Waals surface area contributed by atoms with Crippen molar-refractivity contribution in [2.24, 2.45) is 0 Å². The molecule has 31 heavy (non-hydrogen) atoms. The molecule has 8 heteroatoms. The highest BCUT2D eigenvalue weighted by Gasteiger charge is 2.23. The van der Waals surface area contributed by atoms with Crippen LogP contribution in [0, 0.1) is 0 Å². The zero-order chi connectivity index (χ0) is 22.3. The molecule has 0 bridgehead atoms. The van der Waals surface area contributed by atoms with Gasteiger partial charge < -0.3 is 15.0 Å². The monoisotopic (exact) mass is 417 g/mol. The number of aromatic nitrogens is 4. The second-order valence-electron chi connectivity index (χ2n) is 7.86. The molecule has 3 aromatic heterocycles. The Hall–Kier alpha value is -3.94. The van der Waals surface area contributed by atoms with Gasteiger partial charge >= 0.3 is 5.97 Å². The summed E-state index contributed by atoms with van der Waals surface area (Å²) in [5.74, 6) is -1.07. The van der Waals surface area contributed by atoms with E-state index in [2.05, 4.69) is 9.97 Å². The summed E-state index contributed by atoms with van der Waals surface area (Å²) in [6, 6.07) is 12.6. The Kier molecular flexibility index (Phi) is 5.06. The number of aromatic amines is 1. The van der Waals surface area contributed by atoms with E-state index in [1.165, 1.54) is 12.3 Å². The minimum atomic E-state index is -1.13. The number of carboxylic acids is 1. The third-order valence-corrected chi connectivity index (χ3v) is 5.13. The van der Waals surface area contributed by atoms with E-state index in [0.29, 0.717) is 11.3 Å². The number of pyridine rings is 2. The molecule has 158 valence electrons. The lowest BCUT2D eigenvalue weighted by Crippen LogP contribution is -2.09. The van der Waals surface area contributed by atoms with Crippen LogP contribution in [-0.4, -0.2) is 44.9 Å². The van der Waals surface area contributed by atoms with E-state index < -0.39 is 5.97 Å². The van der Waals surface area contributed by atoms with Gasteiger partial charge in [0.05, 0.1) is 16.8 Å². The summed E-state index contributed by atoms with van der Waals surface area (Å²) in [5.41, 5.74) is 4.00. The SMILES string of the molecule is CC(C)c1nn(-c2cc[nH]c(=O)c2)c2nc(C(=O)O)cc(-c3ccc(N(C)C)cc3)c12. The number of nitrogens with zero attached hydrogens (tertiary/aromatic N) is 4. The van der Waals surface area contributed by atoms with Gasteiger partial charge in [0.15, 0.2) is 11.3 Å². The Balaban J connectivity index is 2.08. The van der Waals surface area contributed by atoms with Crippen LogP contribution < -0.4 is 10.5 Å². The standard InChI is InChI=1S/C23H23N5O3/c1-13(2)21-20-17(14-5-7-15(8-6-14)27(3)4)12-18(23(30)31)25-22(20)28(26-21)16-9-10-24-19(29)11-16/h5-13H,1-4H3,(H,24,29)(H,30,31). The lowest BCUT2D eigenvalue weighted by molar-refractivity contribution is 0.0691. The first kappa shape index (κ1) is 20.3. The minimum Gasteiger partial charge on any atom is -0.477 e. The van der Waals surface area contributed by atoms with E-state index in [0.717, 1.165) is 27.9 Å². The molecule has 0 spiro atoms. The van der Waals surface area contributed by atoms with E-state index in [9.17, 15) is 14.7 Å². The number of aromatic carboxylic acids is 1. The fraction of sp³-hybridized carbons (Fsp3) is 0.217. The number of hydrogen-bond acceptors (Lipinski definition) is 5. The van der Waals surface area contributed by atoms with Gasteiger partial charge in [-0.3, -0.25) is 4.79 Å². The molecule has 3 heterocycles. The van der Waals surface area contributed by atoms with Crippen LogP contribution in [0.25, 0.3) is 27.8 Å². The second-order valence-corrected chi connectivity index (χ2v) is 7.86. The van der Waals surface area contributed by atoms with Gasteiger partial charge in [0.25, 0.3) is 0 Å². The maximum atomic E-state index is 11.9. The number of carboxylic acid groups (broad SMARTS) is 1. The van der Waals surface area contributed by atoms with Crippen molar-refractivity contribution in [3.05, 3.63) is 70.4 Å². The molecule has 0 unspecified atom stereocenters. The summed E-state index contributed by atoms with van der Waals surface area (Å²) in [6.45, 7) is 4.04. The molecule has 4 rings (SSSR count). The van der Waals surface area contributed by atoms with Gasteiger partial charge in [-0.25, -0.2) is 14.5 Å². The van der Waals surface area contributed by atoms with Crippen LogP contribution >= 0.6 is 0 Å². The van der Waals surface area contributed by atoms with Gasteiger partial charge in [-0.05, 0) is 41.3 Å². The molecule has 0 radical (unpaired) electrons. The van der Waals surface area contributed by atoms with E-state index >= 15 is 0 Å². The largest absolute Gasteiger partial charge is 0.477 e. The number of carbonyl (C=O) groups is 1. The Morgan fingerprint density at radius 1 is 1.13 bits per heavy atom. The minimum absolute atomic E-state index is 0.0584. The van der Waals surface area contributed by atoms with Crippen molar-refractivity contribution >= 4 is 22.7 Å². The van der Waals surface area contributed by atoms with E-state index in [4.69, 9.17) is 5.10 Å². The van der Waals surface area contributed by atoms with Gasteiger partial charge in [-0.15, -0.1) is 0 Å². The first-order chi connectivity index (χ1) is 14.8. The van der Waals surface area contributed by atoms with Crippen LogP contribution in [0.4, 0.5) is 5.69 Å². The van der Waals surface area contributed by atoms with Crippen molar-refractivity contribution in [2.75, 3.05) is 19.0 Å². The molecule has 0 aliphatic rings. The predicted molar refractivity (Wildman–Crippen MR) is 120 cm³/mol. The van der Waals surface area contributed by atoms with Crippen molar-refractivity contribution in [3.8, 4) is 16.8 Å². The smallest absolute Gasteiger partial charge is 0.354 e. The second kappa shape index (κ2) is 7.71. The summed E-state index contributed by atoms with van der Waals surface area (Å²) in [5, 5.41) is 15.2. The molecular formula is C23H23N5O3. The van der Waals surface area contributed by atoms with Crippen molar-refractivity contribution in [3.63, 3.8) is 0 Å². The summed E-state index contributed by atoms with van der Waals surface area (Å²) in [4.78, 5) is 32.7. The molecule has 2 N–H and O–H groups in total. The van der Waals surface area contributed by atoms with Crippen molar-refractivity contribution in [1.29, 1.82) is 0 Å². The molecule has 0 amide bonds. The molecule has 8 nitrogen and oxygen atoms in total. The summed E-state index contributed by atoms with van der Waals surface area (Å²) in [6.07, 6.45) is 1.53. The zero-order valence-electron chi connectivity index (χ0n) is 17.7. The van der Waals surface area contributed by atoms with Crippen molar-refractivity contribution in [1.82, 2.24) is 19.7 Å².